The number of hydrogen-bond donors (Lipinski definition) is 1. The van der Waals surface area contributed by atoms with E-state index in [9.17, 15) is 25.0 Å². The van der Waals surface area contributed by atoms with Crippen LogP contribution in [-0.4, -0.2) is 28.9 Å². The zero-order valence-electron chi connectivity index (χ0n) is 13.3. The van der Waals surface area contributed by atoms with Crippen molar-refractivity contribution < 1.29 is 19.4 Å². The molecule has 130 valence electrons. The van der Waals surface area contributed by atoms with Gasteiger partial charge in [0.05, 0.1) is 22.5 Å². The molecule has 9 heteroatoms. The number of nitro groups is 2. The number of carbonyl (C=O) groups is 1. The van der Waals surface area contributed by atoms with Crippen LogP contribution in [0, 0.1) is 27.2 Å². The lowest BCUT2D eigenvalue weighted by molar-refractivity contribution is -0.394. The lowest BCUT2D eigenvalue weighted by Crippen LogP contribution is -2.28. The van der Waals surface area contributed by atoms with Gasteiger partial charge in [-0.3, -0.25) is 25.0 Å². The van der Waals surface area contributed by atoms with Crippen LogP contribution in [-0.2, 0) is 0 Å². The minimum absolute atomic E-state index is 0.126. The quantitative estimate of drug-likeness (QED) is 0.467. The maximum Gasteiger partial charge on any atom is 0.289 e. The first-order chi connectivity index (χ1) is 11.9. The summed E-state index contributed by atoms with van der Waals surface area (Å²) >= 11 is 0. The van der Waals surface area contributed by atoms with Gasteiger partial charge >= 0.3 is 0 Å². The van der Waals surface area contributed by atoms with E-state index in [4.69, 9.17) is 4.74 Å². The molecule has 0 aliphatic carbocycles. The summed E-state index contributed by atoms with van der Waals surface area (Å²) in [7, 11) is 0. The molecular weight excluding hydrogens is 330 g/mol. The highest BCUT2D eigenvalue weighted by Gasteiger charge is 2.23. The number of nitro benzene ring substituents is 2. The van der Waals surface area contributed by atoms with Gasteiger partial charge in [-0.05, 0) is 25.1 Å². The molecule has 2 aromatic rings. The van der Waals surface area contributed by atoms with E-state index in [2.05, 4.69) is 5.32 Å². The molecule has 0 fully saturated rings. The number of carbonyl (C=O) groups excluding carboxylic acids is 1. The van der Waals surface area contributed by atoms with Gasteiger partial charge in [-0.2, -0.15) is 0 Å². The van der Waals surface area contributed by atoms with Crippen LogP contribution >= 0.6 is 0 Å². The second-order valence-electron chi connectivity index (χ2n) is 5.13. The molecule has 0 saturated heterocycles. The van der Waals surface area contributed by atoms with Gasteiger partial charge in [0.1, 0.15) is 17.9 Å². The molecule has 25 heavy (non-hydrogen) atoms. The molecule has 2 rings (SSSR count). The van der Waals surface area contributed by atoms with Crippen LogP contribution in [0.15, 0.2) is 42.5 Å². The lowest BCUT2D eigenvalue weighted by Gasteiger charge is -2.08. The van der Waals surface area contributed by atoms with E-state index in [1.54, 1.807) is 12.1 Å². The van der Waals surface area contributed by atoms with Crippen molar-refractivity contribution in [2.24, 2.45) is 0 Å². The Morgan fingerprint density at radius 1 is 1.08 bits per heavy atom. The Balaban J connectivity index is 1.97. The molecule has 2 aromatic carbocycles. The topological polar surface area (TPSA) is 125 Å². The van der Waals surface area contributed by atoms with E-state index in [0.29, 0.717) is 5.75 Å². The van der Waals surface area contributed by atoms with Crippen LogP contribution in [0.5, 0.6) is 5.75 Å². The first-order valence-corrected chi connectivity index (χ1v) is 7.29. The van der Waals surface area contributed by atoms with Gasteiger partial charge in [0.25, 0.3) is 17.3 Å². The fourth-order valence-corrected chi connectivity index (χ4v) is 2.04. The number of amides is 1. The number of benzene rings is 2. The molecule has 0 aliphatic rings. The third-order valence-electron chi connectivity index (χ3n) is 3.31. The van der Waals surface area contributed by atoms with Crippen molar-refractivity contribution in [1.29, 1.82) is 0 Å². The van der Waals surface area contributed by atoms with Crippen LogP contribution in [0.1, 0.15) is 15.9 Å². The van der Waals surface area contributed by atoms with Gasteiger partial charge in [-0.25, -0.2) is 0 Å². The molecule has 0 saturated carbocycles. The van der Waals surface area contributed by atoms with Gasteiger partial charge < -0.3 is 10.1 Å². The Labute approximate surface area is 142 Å². The van der Waals surface area contributed by atoms with Crippen molar-refractivity contribution in [3.05, 3.63) is 73.8 Å². The second kappa shape index (κ2) is 7.86. The average Bonchev–Trinajstić information content (AvgIpc) is 2.59. The van der Waals surface area contributed by atoms with Crippen molar-refractivity contribution >= 4 is 17.3 Å². The molecule has 0 radical (unpaired) electrons. The molecule has 0 heterocycles. The maximum atomic E-state index is 12.1. The number of nitrogens with one attached hydrogen (secondary N) is 1. The highest BCUT2D eigenvalue weighted by Crippen LogP contribution is 2.24. The van der Waals surface area contributed by atoms with Crippen LogP contribution in [0.2, 0.25) is 0 Å². The zero-order valence-corrected chi connectivity index (χ0v) is 13.3. The molecular formula is C16H15N3O6. The molecule has 1 N–H and O–H groups in total. The third kappa shape index (κ3) is 4.74. The number of non-ortho nitro benzene ring substituents is 1. The van der Waals surface area contributed by atoms with Crippen molar-refractivity contribution in [2.75, 3.05) is 13.2 Å². The highest BCUT2D eigenvalue weighted by atomic mass is 16.6. The molecule has 1 amide bonds. The number of nitrogens with zero attached hydrogens (tertiary/aromatic N) is 2. The normalized spacial score (nSPS) is 10.1. The van der Waals surface area contributed by atoms with E-state index < -0.39 is 27.1 Å². The van der Waals surface area contributed by atoms with Gasteiger partial charge in [-0.15, -0.1) is 0 Å². The van der Waals surface area contributed by atoms with Gasteiger partial charge in [0.15, 0.2) is 0 Å². The Bertz CT molecular complexity index is 804. The van der Waals surface area contributed by atoms with E-state index >= 15 is 0 Å². The summed E-state index contributed by atoms with van der Waals surface area (Å²) in [6.07, 6.45) is 0. The second-order valence-corrected chi connectivity index (χ2v) is 5.13. The minimum atomic E-state index is -0.829. The van der Waals surface area contributed by atoms with Crippen molar-refractivity contribution in [2.45, 2.75) is 6.92 Å². The van der Waals surface area contributed by atoms with Crippen LogP contribution in [0.3, 0.4) is 0 Å². The van der Waals surface area contributed by atoms with Gasteiger partial charge in [0.2, 0.25) is 0 Å². The molecule has 0 bridgehead atoms. The smallest absolute Gasteiger partial charge is 0.289 e. The average molecular weight is 345 g/mol. The monoisotopic (exact) mass is 345 g/mol. The van der Waals surface area contributed by atoms with Crippen molar-refractivity contribution in [3.63, 3.8) is 0 Å². The molecule has 0 unspecified atom stereocenters. The van der Waals surface area contributed by atoms with E-state index in [1.807, 2.05) is 19.1 Å². The van der Waals surface area contributed by atoms with Gasteiger partial charge in [-0.1, -0.05) is 17.7 Å². The minimum Gasteiger partial charge on any atom is -0.492 e. The predicted molar refractivity (Wildman–Crippen MR) is 88.8 cm³/mol. The lowest BCUT2D eigenvalue weighted by atomic mass is 10.1. The molecule has 0 aromatic heterocycles. The molecule has 0 atom stereocenters. The summed E-state index contributed by atoms with van der Waals surface area (Å²) < 4.78 is 5.44. The Morgan fingerprint density at radius 2 is 1.76 bits per heavy atom. The summed E-state index contributed by atoms with van der Waals surface area (Å²) in [4.78, 5) is 32.2. The fraction of sp³-hybridized carbons (Fsp3) is 0.188. The van der Waals surface area contributed by atoms with E-state index in [1.165, 1.54) is 0 Å². The SMILES string of the molecule is Cc1ccc(OCCNC(=O)c2ccc([N+](=O)[O-])cc2[N+](=O)[O-])cc1. The van der Waals surface area contributed by atoms with Crippen LogP contribution < -0.4 is 10.1 Å². The Morgan fingerprint density at radius 3 is 2.36 bits per heavy atom. The number of rotatable bonds is 7. The predicted octanol–water partition coefficient (Wildman–Crippen LogP) is 2.62. The molecule has 0 spiro atoms. The summed E-state index contributed by atoms with van der Waals surface area (Å²) in [5, 5.41) is 24.2. The van der Waals surface area contributed by atoms with E-state index in [0.717, 1.165) is 23.8 Å². The van der Waals surface area contributed by atoms with Crippen molar-refractivity contribution in [3.8, 4) is 5.75 Å². The largest absolute Gasteiger partial charge is 0.492 e. The Hall–Kier alpha value is -3.49. The summed E-state index contributed by atoms with van der Waals surface area (Å²) in [6, 6.07) is 10.2. The fourth-order valence-electron chi connectivity index (χ4n) is 2.04. The number of ether oxygens (including phenoxy) is 1. The standard InChI is InChI=1S/C16H15N3O6/c1-11-2-5-13(6-3-11)25-9-8-17-16(20)14-7-4-12(18(21)22)10-15(14)19(23)24/h2-7,10H,8-9H2,1H3,(H,17,20). The van der Waals surface area contributed by atoms with Crippen LogP contribution in [0.25, 0.3) is 0 Å². The first kappa shape index (κ1) is 17.9. The third-order valence-corrected chi connectivity index (χ3v) is 3.31. The van der Waals surface area contributed by atoms with Crippen LogP contribution in [0.4, 0.5) is 11.4 Å². The van der Waals surface area contributed by atoms with E-state index in [-0.39, 0.29) is 18.7 Å². The summed E-state index contributed by atoms with van der Waals surface area (Å²) in [5.74, 6) is -0.0599. The first-order valence-electron chi connectivity index (χ1n) is 7.29. The maximum absolute atomic E-state index is 12.1. The molecule has 9 nitrogen and oxygen atoms in total. The summed E-state index contributed by atoms with van der Waals surface area (Å²) in [6.45, 7) is 2.25. The number of hydrogen-bond acceptors (Lipinski definition) is 6. The van der Waals surface area contributed by atoms with Gasteiger partial charge in [0, 0.05) is 6.07 Å². The highest BCUT2D eigenvalue weighted by molar-refractivity contribution is 5.98. The number of aryl methyl sites for hydroxylation is 1. The molecule has 0 aliphatic heterocycles. The summed E-state index contributed by atoms with van der Waals surface area (Å²) in [5.41, 5.74) is -0.228. The Kier molecular flexibility index (Phi) is 5.62. The van der Waals surface area contributed by atoms with Crippen molar-refractivity contribution in [1.82, 2.24) is 5.32 Å². The zero-order chi connectivity index (χ0) is 18.4.